The molecular weight excluding hydrogens is 412 g/mol. The van der Waals surface area contributed by atoms with E-state index in [9.17, 15) is 4.79 Å². The number of likely N-dealkylation sites (tertiary alicyclic amines) is 1. The van der Waals surface area contributed by atoms with E-state index in [2.05, 4.69) is 17.0 Å². The molecule has 6 heteroatoms. The topological polar surface area (TPSA) is 42.0 Å². The molecule has 31 heavy (non-hydrogen) atoms. The number of anilines is 1. The van der Waals surface area contributed by atoms with Gasteiger partial charge in [0.25, 0.3) is 5.91 Å². The van der Waals surface area contributed by atoms with Crippen LogP contribution in [0.25, 0.3) is 0 Å². The fourth-order valence-corrected chi connectivity index (χ4v) is 4.71. The SMILES string of the molecule is O=C1C(Oc2ccc(C3CC3)cc2)CCN1c1ccc(OCCN2CCCC2)c(Cl)c1. The fraction of sp³-hybridized carbons (Fsp3) is 0.480. The van der Waals surface area contributed by atoms with Crippen LogP contribution in [-0.2, 0) is 4.79 Å². The predicted octanol–water partition coefficient (Wildman–Crippen LogP) is 4.88. The van der Waals surface area contributed by atoms with Gasteiger partial charge in [0, 0.05) is 25.2 Å². The van der Waals surface area contributed by atoms with Gasteiger partial charge < -0.3 is 14.4 Å². The van der Waals surface area contributed by atoms with Crippen LogP contribution < -0.4 is 14.4 Å². The number of benzene rings is 2. The molecule has 2 aromatic carbocycles. The average molecular weight is 441 g/mol. The van der Waals surface area contributed by atoms with E-state index in [1.807, 2.05) is 30.3 Å². The van der Waals surface area contributed by atoms with Gasteiger partial charge in [-0.3, -0.25) is 9.69 Å². The number of nitrogens with zero attached hydrogens (tertiary/aromatic N) is 2. The van der Waals surface area contributed by atoms with Crippen LogP contribution >= 0.6 is 11.6 Å². The smallest absolute Gasteiger partial charge is 0.268 e. The number of hydrogen-bond acceptors (Lipinski definition) is 4. The summed E-state index contributed by atoms with van der Waals surface area (Å²) in [6, 6.07) is 13.8. The third kappa shape index (κ3) is 4.83. The van der Waals surface area contributed by atoms with Gasteiger partial charge in [-0.05, 0) is 80.6 Å². The molecule has 0 spiro atoms. The quantitative estimate of drug-likeness (QED) is 0.587. The Hall–Kier alpha value is -2.24. The van der Waals surface area contributed by atoms with Crippen molar-refractivity contribution in [2.24, 2.45) is 0 Å². The van der Waals surface area contributed by atoms with Crippen molar-refractivity contribution in [3.8, 4) is 11.5 Å². The van der Waals surface area contributed by atoms with Crippen molar-refractivity contribution in [3.63, 3.8) is 0 Å². The van der Waals surface area contributed by atoms with Crippen LogP contribution in [0.1, 0.15) is 43.6 Å². The molecule has 3 aliphatic rings. The molecule has 2 aromatic rings. The standard InChI is InChI=1S/C25H29ClN2O3/c26-22-17-20(7-10-23(22)30-16-15-27-12-1-2-13-27)28-14-11-24(25(28)29)31-21-8-5-19(6-9-21)18-3-4-18/h5-10,17-18,24H,1-4,11-16H2. The summed E-state index contributed by atoms with van der Waals surface area (Å²) in [6.07, 6.45) is 5.31. The normalized spacial score (nSPS) is 21.6. The second kappa shape index (κ2) is 9.09. The number of rotatable bonds is 8. The van der Waals surface area contributed by atoms with E-state index < -0.39 is 6.10 Å². The molecule has 2 aliphatic heterocycles. The lowest BCUT2D eigenvalue weighted by Gasteiger charge is -2.19. The van der Waals surface area contributed by atoms with Crippen LogP contribution in [0.15, 0.2) is 42.5 Å². The Morgan fingerprint density at radius 2 is 1.74 bits per heavy atom. The summed E-state index contributed by atoms with van der Waals surface area (Å²) in [5.74, 6) is 2.11. The zero-order valence-corrected chi connectivity index (χ0v) is 18.5. The lowest BCUT2D eigenvalue weighted by atomic mass is 10.1. The Kier molecular flexibility index (Phi) is 6.06. The van der Waals surface area contributed by atoms with Crippen molar-refractivity contribution in [2.75, 3.05) is 37.7 Å². The van der Waals surface area contributed by atoms with E-state index in [0.717, 1.165) is 37.0 Å². The van der Waals surface area contributed by atoms with Gasteiger partial charge in [0.05, 0.1) is 5.02 Å². The molecule has 0 aromatic heterocycles. The van der Waals surface area contributed by atoms with E-state index in [0.29, 0.717) is 30.3 Å². The molecular formula is C25H29ClN2O3. The van der Waals surface area contributed by atoms with E-state index in [-0.39, 0.29) is 5.91 Å². The van der Waals surface area contributed by atoms with Gasteiger partial charge in [0.1, 0.15) is 18.1 Å². The second-order valence-electron chi connectivity index (χ2n) is 8.74. The van der Waals surface area contributed by atoms with E-state index in [1.54, 1.807) is 4.90 Å². The fourth-order valence-electron chi connectivity index (χ4n) is 4.48. The lowest BCUT2D eigenvalue weighted by Crippen LogP contribution is -2.32. The molecule has 1 unspecified atom stereocenters. The summed E-state index contributed by atoms with van der Waals surface area (Å²) in [4.78, 5) is 17.1. The molecule has 1 atom stereocenters. The molecule has 0 N–H and O–H groups in total. The summed E-state index contributed by atoms with van der Waals surface area (Å²) >= 11 is 6.45. The highest BCUT2D eigenvalue weighted by atomic mass is 35.5. The van der Waals surface area contributed by atoms with Crippen LogP contribution in [0.5, 0.6) is 11.5 Å². The first kappa shape index (κ1) is 20.7. The molecule has 1 amide bonds. The first-order valence-corrected chi connectivity index (χ1v) is 11.8. The maximum atomic E-state index is 12.9. The van der Waals surface area contributed by atoms with Gasteiger partial charge >= 0.3 is 0 Å². The largest absolute Gasteiger partial charge is 0.491 e. The number of ether oxygens (including phenoxy) is 2. The maximum absolute atomic E-state index is 12.9. The minimum Gasteiger partial charge on any atom is -0.491 e. The number of halogens is 1. The third-order valence-corrected chi connectivity index (χ3v) is 6.75. The monoisotopic (exact) mass is 440 g/mol. The van der Waals surface area contributed by atoms with Gasteiger partial charge in [0.15, 0.2) is 6.10 Å². The number of hydrogen-bond donors (Lipinski definition) is 0. The van der Waals surface area contributed by atoms with Crippen molar-refractivity contribution in [1.82, 2.24) is 4.90 Å². The molecule has 5 nitrogen and oxygen atoms in total. The van der Waals surface area contributed by atoms with Crippen molar-refractivity contribution >= 4 is 23.2 Å². The Morgan fingerprint density at radius 3 is 2.45 bits per heavy atom. The summed E-state index contributed by atoms with van der Waals surface area (Å²) in [5.41, 5.74) is 2.15. The molecule has 0 radical (unpaired) electrons. The van der Waals surface area contributed by atoms with E-state index in [4.69, 9.17) is 21.1 Å². The molecule has 164 valence electrons. The van der Waals surface area contributed by atoms with Crippen LogP contribution in [0.4, 0.5) is 5.69 Å². The Balaban J connectivity index is 1.17. The summed E-state index contributed by atoms with van der Waals surface area (Å²) in [5, 5.41) is 0.534. The van der Waals surface area contributed by atoms with Gasteiger partial charge in [-0.25, -0.2) is 0 Å². The van der Waals surface area contributed by atoms with Crippen molar-refractivity contribution in [3.05, 3.63) is 53.1 Å². The molecule has 0 bridgehead atoms. The minimum absolute atomic E-state index is 0.0231. The predicted molar refractivity (Wildman–Crippen MR) is 122 cm³/mol. The lowest BCUT2D eigenvalue weighted by molar-refractivity contribution is -0.122. The van der Waals surface area contributed by atoms with E-state index in [1.165, 1.54) is 31.2 Å². The van der Waals surface area contributed by atoms with Gasteiger partial charge in [0.2, 0.25) is 0 Å². The van der Waals surface area contributed by atoms with Crippen LogP contribution in [-0.4, -0.2) is 49.7 Å². The summed E-state index contributed by atoms with van der Waals surface area (Å²) in [6.45, 7) is 4.47. The molecule has 1 saturated carbocycles. The van der Waals surface area contributed by atoms with Crippen molar-refractivity contribution in [1.29, 1.82) is 0 Å². The van der Waals surface area contributed by atoms with Crippen LogP contribution in [0.2, 0.25) is 5.02 Å². The number of amides is 1. The molecule has 2 heterocycles. The average Bonchev–Trinajstić information content (AvgIpc) is 3.38. The highest BCUT2D eigenvalue weighted by molar-refractivity contribution is 6.32. The molecule has 2 saturated heterocycles. The molecule has 5 rings (SSSR count). The van der Waals surface area contributed by atoms with Gasteiger partial charge in [-0.15, -0.1) is 0 Å². The van der Waals surface area contributed by atoms with Gasteiger partial charge in [-0.2, -0.15) is 0 Å². The summed E-state index contributed by atoms with van der Waals surface area (Å²) < 4.78 is 11.9. The Morgan fingerprint density at radius 1 is 0.968 bits per heavy atom. The first-order valence-electron chi connectivity index (χ1n) is 11.4. The number of carbonyl (C=O) groups is 1. The van der Waals surface area contributed by atoms with Gasteiger partial charge in [-0.1, -0.05) is 23.7 Å². The van der Waals surface area contributed by atoms with Crippen LogP contribution in [0, 0.1) is 0 Å². The maximum Gasteiger partial charge on any atom is 0.268 e. The van der Waals surface area contributed by atoms with Crippen molar-refractivity contribution < 1.29 is 14.3 Å². The minimum atomic E-state index is -0.457. The first-order chi connectivity index (χ1) is 15.2. The summed E-state index contributed by atoms with van der Waals surface area (Å²) in [7, 11) is 0. The van der Waals surface area contributed by atoms with Crippen molar-refractivity contribution in [2.45, 2.75) is 44.1 Å². The zero-order valence-electron chi connectivity index (χ0n) is 17.8. The Labute approximate surface area is 188 Å². The Bertz CT molecular complexity index is 923. The van der Waals surface area contributed by atoms with Crippen LogP contribution in [0.3, 0.4) is 0 Å². The number of carbonyl (C=O) groups excluding carboxylic acids is 1. The third-order valence-electron chi connectivity index (χ3n) is 6.45. The highest BCUT2D eigenvalue weighted by Crippen LogP contribution is 2.40. The zero-order chi connectivity index (χ0) is 21.2. The van der Waals surface area contributed by atoms with E-state index >= 15 is 0 Å². The highest BCUT2D eigenvalue weighted by Gasteiger charge is 2.34. The molecule has 3 fully saturated rings. The second-order valence-corrected chi connectivity index (χ2v) is 9.15. The molecule has 1 aliphatic carbocycles.